The SMILES string of the molecule is Cc1cc(F)ccc1Cn1c(C)ccc(C#N)c1=O. The summed E-state index contributed by atoms with van der Waals surface area (Å²) < 4.78 is 14.6. The van der Waals surface area contributed by atoms with Crippen LogP contribution in [0.25, 0.3) is 0 Å². The van der Waals surface area contributed by atoms with E-state index < -0.39 is 0 Å². The van der Waals surface area contributed by atoms with Crippen molar-refractivity contribution in [3.05, 3.63) is 68.9 Å². The van der Waals surface area contributed by atoms with Crippen LogP contribution < -0.4 is 5.56 Å². The molecular formula is C15H13FN2O. The molecule has 0 atom stereocenters. The van der Waals surface area contributed by atoms with Crippen molar-refractivity contribution < 1.29 is 4.39 Å². The van der Waals surface area contributed by atoms with E-state index in [-0.39, 0.29) is 16.9 Å². The molecule has 2 rings (SSSR count). The highest BCUT2D eigenvalue weighted by molar-refractivity contribution is 5.30. The lowest BCUT2D eigenvalue weighted by atomic mass is 10.1. The second-order valence-electron chi connectivity index (χ2n) is 4.46. The number of hydrogen-bond acceptors (Lipinski definition) is 2. The Morgan fingerprint density at radius 1 is 1.26 bits per heavy atom. The van der Waals surface area contributed by atoms with Gasteiger partial charge in [-0.15, -0.1) is 0 Å². The van der Waals surface area contributed by atoms with Crippen molar-refractivity contribution in [1.82, 2.24) is 4.57 Å². The van der Waals surface area contributed by atoms with Crippen LogP contribution in [0.5, 0.6) is 0 Å². The highest BCUT2D eigenvalue weighted by atomic mass is 19.1. The molecule has 0 amide bonds. The van der Waals surface area contributed by atoms with Gasteiger partial charge in [0.2, 0.25) is 0 Å². The molecule has 19 heavy (non-hydrogen) atoms. The van der Waals surface area contributed by atoms with Crippen LogP contribution in [0.1, 0.15) is 22.4 Å². The molecule has 1 aromatic carbocycles. The number of rotatable bonds is 2. The minimum absolute atomic E-state index is 0.116. The van der Waals surface area contributed by atoms with Gasteiger partial charge in [-0.25, -0.2) is 4.39 Å². The Balaban J connectivity index is 2.50. The fraction of sp³-hybridized carbons (Fsp3) is 0.200. The first-order valence-electron chi connectivity index (χ1n) is 5.88. The Labute approximate surface area is 110 Å². The van der Waals surface area contributed by atoms with Crippen molar-refractivity contribution in [2.75, 3.05) is 0 Å². The van der Waals surface area contributed by atoms with E-state index in [4.69, 9.17) is 5.26 Å². The van der Waals surface area contributed by atoms with E-state index in [1.807, 2.05) is 6.07 Å². The third-order valence-corrected chi connectivity index (χ3v) is 3.15. The molecule has 0 N–H and O–H groups in total. The molecule has 0 radical (unpaired) electrons. The fourth-order valence-corrected chi connectivity index (χ4v) is 1.96. The normalized spacial score (nSPS) is 10.2. The second-order valence-corrected chi connectivity index (χ2v) is 4.46. The van der Waals surface area contributed by atoms with E-state index in [1.165, 1.54) is 22.8 Å². The van der Waals surface area contributed by atoms with Crippen molar-refractivity contribution in [1.29, 1.82) is 5.26 Å². The number of nitrogens with zero attached hydrogens (tertiary/aromatic N) is 2. The molecule has 0 aliphatic heterocycles. The minimum Gasteiger partial charge on any atom is -0.307 e. The number of aryl methyl sites for hydroxylation is 2. The van der Waals surface area contributed by atoms with Crippen LogP contribution in [0.2, 0.25) is 0 Å². The minimum atomic E-state index is -0.314. The molecule has 1 aromatic heterocycles. The summed E-state index contributed by atoms with van der Waals surface area (Å²) in [6.45, 7) is 3.95. The van der Waals surface area contributed by atoms with Crippen LogP contribution >= 0.6 is 0 Å². The maximum Gasteiger partial charge on any atom is 0.268 e. The first-order valence-corrected chi connectivity index (χ1v) is 5.88. The summed E-state index contributed by atoms with van der Waals surface area (Å²) in [4.78, 5) is 12.1. The molecule has 3 nitrogen and oxygen atoms in total. The Kier molecular flexibility index (Phi) is 3.48. The zero-order chi connectivity index (χ0) is 14.0. The summed E-state index contributed by atoms with van der Waals surface area (Å²) in [5.41, 5.74) is 2.22. The molecular weight excluding hydrogens is 243 g/mol. The third-order valence-electron chi connectivity index (χ3n) is 3.15. The molecule has 4 heteroatoms. The van der Waals surface area contributed by atoms with Gasteiger partial charge in [-0.3, -0.25) is 4.79 Å². The fourth-order valence-electron chi connectivity index (χ4n) is 1.96. The lowest BCUT2D eigenvalue weighted by Crippen LogP contribution is -2.25. The van der Waals surface area contributed by atoms with Crippen LogP contribution in [0.4, 0.5) is 4.39 Å². The molecule has 0 unspecified atom stereocenters. The molecule has 0 aliphatic rings. The van der Waals surface area contributed by atoms with Gasteiger partial charge in [-0.2, -0.15) is 5.26 Å². The molecule has 0 saturated heterocycles. The van der Waals surface area contributed by atoms with Crippen molar-refractivity contribution in [2.24, 2.45) is 0 Å². The number of aromatic nitrogens is 1. The summed E-state index contributed by atoms with van der Waals surface area (Å²) in [5.74, 6) is -0.295. The standard InChI is InChI=1S/C15H13FN2O/c1-10-7-14(16)6-5-13(10)9-18-11(2)3-4-12(8-17)15(18)19/h3-7H,9H2,1-2H3. The predicted octanol–water partition coefficient (Wildman–Crippen LogP) is 2.52. The zero-order valence-electron chi connectivity index (χ0n) is 10.8. The van der Waals surface area contributed by atoms with Gasteiger partial charge in [-0.05, 0) is 49.2 Å². The first-order chi connectivity index (χ1) is 9.02. The van der Waals surface area contributed by atoms with Crippen LogP contribution in [-0.2, 0) is 6.54 Å². The quantitative estimate of drug-likeness (QED) is 0.828. The topological polar surface area (TPSA) is 45.8 Å². The van der Waals surface area contributed by atoms with Crippen LogP contribution in [0.3, 0.4) is 0 Å². The zero-order valence-corrected chi connectivity index (χ0v) is 10.8. The number of halogens is 1. The Bertz CT molecular complexity index is 726. The summed E-state index contributed by atoms with van der Waals surface area (Å²) in [6.07, 6.45) is 0. The number of benzene rings is 1. The first kappa shape index (κ1) is 13.0. The maximum absolute atomic E-state index is 13.1. The van der Waals surface area contributed by atoms with E-state index in [0.717, 1.165) is 16.8 Å². The molecule has 0 spiro atoms. The molecule has 96 valence electrons. The Morgan fingerprint density at radius 2 is 2.00 bits per heavy atom. The lowest BCUT2D eigenvalue weighted by Gasteiger charge is -2.12. The molecule has 0 bridgehead atoms. The molecule has 0 saturated carbocycles. The van der Waals surface area contributed by atoms with Crippen molar-refractivity contribution in [3.8, 4) is 6.07 Å². The maximum atomic E-state index is 13.1. The molecule has 1 heterocycles. The summed E-state index contributed by atoms with van der Waals surface area (Å²) in [7, 11) is 0. The van der Waals surface area contributed by atoms with E-state index in [1.54, 1.807) is 26.0 Å². The monoisotopic (exact) mass is 256 g/mol. The number of hydrogen-bond donors (Lipinski definition) is 0. The average Bonchev–Trinajstić information content (AvgIpc) is 2.37. The van der Waals surface area contributed by atoms with Gasteiger partial charge in [0.05, 0.1) is 6.54 Å². The molecule has 0 fully saturated rings. The van der Waals surface area contributed by atoms with Crippen LogP contribution in [-0.4, -0.2) is 4.57 Å². The number of nitriles is 1. The summed E-state index contributed by atoms with van der Waals surface area (Å²) in [5, 5.41) is 8.88. The largest absolute Gasteiger partial charge is 0.307 e. The highest BCUT2D eigenvalue weighted by Gasteiger charge is 2.08. The smallest absolute Gasteiger partial charge is 0.268 e. The van der Waals surface area contributed by atoms with E-state index >= 15 is 0 Å². The number of pyridine rings is 1. The van der Waals surface area contributed by atoms with Gasteiger partial charge in [0.25, 0.3) is 5.56 Å². The third kappa shape index (κ3) is 2.55. The summed E-state index contributed by atoms with van der Waals surface area (Å²) in [6, 6.07) is 9.60. The van der Waals surface area contributed by atoms with E-state index in [0.29, 0.717) is 6.54 Å². The van der Waals surface area contributed by atoms with Gasteiger partial charge < -0.3 is 4.57 Å². The Morgan fingerprint density at radius 3 is 2.63 bits per heavy atom. The molecule has 2 aromatic rings. The van der Waals surface area contributed by atoms with E-state index in [2.05, 4.69) is 0 Å². The van der Waals surface area contributed by atoms with Crippen molar-refractivity contribution >= 4 is 0 Å². The average molecular weight is 256 g/mol. The van der Waals surface area contributed by atoms with Crippen molar-refractivity contribution in [2.45, 2.75) is 20.4 Å². The van der Waals surface area contributed by atoms with E-state index in [9.17, 15) is 9.18 Å². The van der Waals surface area contributed by atoms with Gasteiger partial charge in [0, 0.05) is 5.69 Å². The van der Waals surface area contributed by atoms with Crippen LogP contribution in [0, 0.1) is 31.0 Å². The predicted molar refractivity (Wildman–Crippen MR) is 70.4 cm³/mol. The second kappa shape index (κ2) is 5.07. The Hall–Kier alpha value is -2.41. The van der Waals surface area contributed by atoms with Gasteiger partial charge in [0.1, 0.15) is 17.4 Å². The highest BCUT2D eigenvalue weighted by Crippen LogP contribution is 2.12. The van der Waals surface area contributed by atoms with Crippen LogP contribution in [0.15, 0.2) is 35.1 Å². The van der Waals surface area contributed by atoms with Crippen molar-refractivity contribution in [3.63, 3.8) is 0 Å². The summed E-state index contributed by atoms with van der Waals surface area (Å²) >= 11 is 0. The van der Waals surface area contributed by atoms with Gasteiger partial charge in [-0.1, -0.05) is 6.07 Å². The van der Waals surface area contributed by atoms with Gasteiger partial charge >= 0.3 is 0 Å². The molecule has 0 aliphatic carbocycles. The lowest BCUT2D eigenvalue weighted by molar-refractivity contribution is 0.624. The van der Waals surface area contributed by atoms with Gasteiger partial charge in [0.15, 0.2) is 0 Å².